The summed E-state index contributed by atoms with van der Waals surface area (Å²) in [4.78, 5) is 16.2. The summed E-state index contributed by atoms with van der Waals surface area (Å²) in [7, 11) is 0. The van der Waals surface area contributed by atoms with E-state index in [1.54, 1.807) is 10.8 Å². The number of urea groups is 1. The Hall–Kier alpha value is -2.42. The summed E-state index contributed by atoms with van der Waals surface area (Å²) in [5.74, 6) is 1.33. The number of nitrogens with zero attached hydrogens (tertiary/aromatic N) is 6. The van der Waals surface area contributed by atoms with E-state index in [9.17, 15) is 4.79 Å². The van der Waals surface area contributed by atoms with Gasteiger partial charge in [0.1, 0.15) is 17.7 Å². The molecule has 1 spiro atoms. The van der Waals surface area contributed by atoms with E-state index in [-0.39, 0.29) is 11.6 Å². The van der Waals surface area contributed by atoms with Crippen molar-refractivity contribution in [2.45, 2.75) is 31.3 Å². The van der Waals surface area contributed by atoms with Gasteiger partial charge in [0.2, 0.25) is 0 Å². The number of anilines is 1. The predicted molar refractivity (Wildman–Crippen MR) is 98.6 cm³/mol. The average molecular weight is 371 g/mol. The first-order valence-corrected chi connectivity index (χ1v) is 9.80. The maximum absolute atomic E-state index is 12.1. The zero-order valence-corrected chi connectivity index (χ0v) is 15.4. The van der Waals surface area contributed by atoms with Crippen LogP contribution >= 0.6 is 0 Å². The summed E-state index contributed by atoms with van der Waals surface area (Å²) in [5.41, 5.74) is 0.695. The highest BCUT2D eigenvalue weighted by atomic mass is 16.5. The van der Waals surface area contributed by atoms with E-state index in [0.29, 0.717) is 19.1 Å². The number of carbonyl (C=O) groups excluding carboxylic acids is 1. The Morgan fingerprint density at radius 1 is 1.30 bits per heavy atom. The number of amides is 2. The fourth-order valence-corrected chi connectivity index (χ4v) is 4.29. The van der Waals surface area contributed by atoms with Gasteiger partial charge in [-0.1, -0.05) is 0 Å². The van der Waals surface area contributed by atoms with E-state index in [1.807, 2.05) is 17.0 Å². The highest BCUT2D eigenvalue weighted by Crippen LogP contribution is 2.37. The van der Waals surface area contributed by atoms with Crippen molar-refractivity contribution in [2.75, 3.05) is 44.2 Å². The Balaban J connectivity index is 1.10. The Labute approximate surface area is 157 Å². The molecular formula is C18H25N7O2. The molecule has 9 heteroatoms. The van der Waals surface area contributed by atoms with Gasteiger partial charge in [-0.2, -0.15) is 4.52 Å². The van der Waals surface area contributed by atoms with Crippen molar-refractivity contribution in [1.82, 2.24) is 30.0 Å². The third-order valence-electron chi connectivity index (χ3n) is 6.00. The van der Waals surface area contributed by atoms with Gasteiger partial charge in [-0.25, -0.2) is 4.79 Å². The number of ether oxygens (including phenoxy) is 1. The lowest BCUT2D eigenvalue weighted by molar-refractivity contribution is -0.115. The Morgan fingerprint density at radius 2 is 2.15 bits per heavy atom. The molecule has 0 aliphatic carbocycles. The molecule has 9 nitrogen and oxygen atoms in total. The third kappa shape index (κ3) is 3.20. The van der Waals surface area contributed by atoms with Crippen LogP contribution in [-0.2, 0) is 4.74 Å². The number of carbonyl (C=O) groups is 1. The fraction of sp³-hybridized carbons (Fsp3) is 0.667. The monoisotopic (exact) mass is 371 g/mol. The minimum absolute atomic E-state index is 0.0563. The van der Waals surface area contributed by atoms with Crippen LogP contribution in [-0.4, -0.2) is 75.7 Å². The summed E-state index contributed by atoms with van der Waals surface area (Å²) in [6.07, 6.45) is 5.98. The molecule has 5 heterocycles. The van der Waals surface area contributed by atoms with E-state index < -0.39 is 0 Å². The van der Waals surface area contributed by atoms with Crippen LogP contribution in [0.5, 0.6) is 0 Å². The third-order valence-corrected chi connectivity index (χ3v) is 6.00. The second kappa shape index (κ2) is 6.63. The van der Waals surface area contributed by atoms with Crippen molar-refractivity contribution < 1.29 is 9.53 Å². The van der Waals surface area contributed by atoms with Crippen molar-refractivity contribution in [3.05, 3.63) is 18.5 Å². The minimum atomic E-state index is -0.0563. The molecule has 27 heavy (non-hydrogen) atoms. The molecular weight excluding hydrogens is 346 g/mol. The molecule has 1 atom stereocenters. The molecule has 3 saturated heterocycles. The van der Waals surface area contributed by atoms with Crippen molar-refractivity contribution >= 4 is 17.5 Å². The number of fused-ring (bicyclic) bond motifs is 1. The van der Waals surface area contributed by atoms with Gasteiger partial charge in [0.25, 0.3) is 0 Å². The number of hydrogen-bond acceptors (Lipinski definition) is 6. The van der Waals surface area contributed by atoms with E-state index in [0.717, 1.165) is 63.3 Å². The zero-order valence-electron chi connectivity index (χ0n) is 15.4. The number of likely N-dealkylation sites (tertiary alicyclic amines) is 1. The zero-order chi connectivity index (χ0) is 18.3. The molecule has 2 aromatic rings. The molecule has 3 fully saturated rings. The second-order valence-electron chi connectivity index (χ2n) is 7.96. The first-order chi connectivity index (χ1) is 13.2. The summed E-state index contributed by atoms with van der Waals surface area (Å²) in [6, 6.07) is 4.00. The number of aromatic nitrogens is 4. The van der Waals surface area contributed by atoms with Crippen LogP contribution < -0.4 is 10.2 Å². The molecule has 0 unspecified atom stereocenters. The first-order valence-electron chi connectivity index (χ1n) is 9.80. The van der Waals surface area contributed by atoms with Crippen molar-refractivity contribution in [2.24, 2.45) is 5.92 Å². The van der Waals surface area contributed by atoms with Gasteiger partial charge in [0.05, 0.1) is 19.7 Å². The molecule has 0 bridgehead atoms. The van der Waals surface area contributed by atoms with Crippen molar-refractivity contribution in [3.63, 3.8) is 0 Å². The molecule has 0 aromatic carbocycles. The van der Waals surface area contributed by atoms with Gasteiger partial charge >= 0.3 is 6.03 Å². The van der Waals surface area contributed by atoms with Gasteiger partial charge < -0.3 is 19.9 Å². The summed E-state index contributed by atoms with van der Waals surface area (Å²) in [6.45, 7) is 4.93. The molecule has 0 saturated carbocycles. The molecule has 2 amide bonds. The highest BCUT2D eigenvalue weighted by molar-refractivity contribution is 5.74. The van der Waals surface area contributed by atoms with Crippen LogP contribution in [0.25, 0.3) is 5.65 Å². The van der Waals surface area contributed by atoms with Crippen molar-refractivity contribution in [1.29, 1.82) is 0 Å². The van der Waals surface area contributed by atoms with Crippen LogP contribution in [0.1, 0.15) is 25.7 Å². The van der Waals surface area contributed by atoms with Crippen molar-refractivity contribution in [3.8, 4) is 0 Å². The summed E-state index contributed by atoms with van der Waals surface area (Å²) >= 11 is 0. The Kier molecular flexibility index (Phi) is 4.11. The van der Waals surface area contributed by atoms with E-state index in [2.05, 4.69) is 25.5 Å². The van der Waals surface area contributed by atoms with E-state index in [1.165, 1.54) is 0 Å². The van der Waals surface area contributed by atoms with Gasteiger partial charge in [0, 0.05) is 19.6 Å². The average Bonchev–Trinajstić information content (AvgIpc) is 3.35. The summed E-state index contributed by atoms with van der Waals surface area (Å²) in [5, 5.41) is 15.5. The topological polar surface area (TPSA) is 87.9 Å². The normalized spacial score (nSPS) is 24.4. The standard InChI is InChI=1S/C18H25N7O2/c26-17(23-7-1-2-8-23)19-9-14-5-6-18(27-10-14)11-24(12-18)16-4-3-15-21-20-13-25(15)22-16/h3-4,13-14H,1-2,5-12H2,(H,19,26)/t14-/m0/s1. The predicted octanol–water partition coefficient (Wildman–Crippen LogP) is 0.915. The second-order valence-corrected chi connectivity index (χ2v) is 7.96. The van der Waals surface area contributed by atoms with Crippen LogP contribution in [0, 0.1) is 5.92 Å². The van der Waals surface area contributed by atoms with Gasteiger partial charge in [-0.15, -0.1) is 15.3 Å². The summed E-state index contributed by atoms with van der Waals surface area (Å²) < 4.78 is 7.93. The minimum Gasteiger partial charge on any atom is -0.371 e. The molecule has 1 N–H and O–H groups in total. The molecule has 2 aromatic heterocycles. The Bertz CT molecular complexity index is 816. The number of rotatable bonds is 3. The van der Waals surface area contributed by atoms with Crippen LogP contribution in [0.15, 0.2) is 18.5 Å². The molecule has 3 aliphatic rings. The molecule has 3 aliphatic heterocycles. The fourth-order valence-electron chi connectivity index (χ4n) is 4.29. The lowest BCUT2D eigenvalue weighted by atomic mass is 9.83. The first kappa shape index (κ1) is 16.7. The van der Waals surface area contributed by atoms with Crippen LogP contribution in [0.4, 0.5) is 10.6 Å². The van der Waals surface area contributed by atoms with Crippen LogP contribution in [0.3, 0.4) is 0 Å². The van der Waals surface area contributed by atoms with E-state index >= 15 is 0 Å². The molecule has 5 rings (SSSR count). The van der Waals surface area contributed by atoms with Gasteiger partial charge in [0.15, 0.2) is 5.65 Å². The molecule has 0 radical (unpaired) electrons. The van der Waals surface area contributed by atoms with Crippen LogP contribution in [0.2, 0.25) is 0 Å². The lowest BCUT2D eigenvalue weighted by Crippen LogP contribution is -2.65. The lowest BCUT2D eigenvalue weighted by Gasteiger charge is -2.53. The van der Waals surface area contributed by atoms with E-state index in [4.69, 9.17) is 4.74 Å². The largest absolute Gasteiger partial charge is 0.371 e. The maximum Gasteiger partial charge on any atom is 0.317 e. The maximum atomic E-state index is 12.1. The molecule has 144 valence electrons. The smallest absolute Gasteiger partial charge is 0.317 e. The highest BCUT2D eigenvalue weighted by Gasteiger charge is 2.47. The van der Waals surface area contributed by atoms with Gasteiger partial charge in [-0.05, 0) is 43.7 Å². The quantitative estimate of drug-likeness (QED) is 0.863. The SMILES string of the molecule is O=C(NC[C@@H]1CCC2(CN(c3ccc4nncn4n3)C2)OC1)N1CCCC1. The number of nitrogens with one attached hydrogen (secondary N) is 1. The Morgan fingerprint density at radius 3 is 2.93 bits per heavy atom. The van der Waals surface area contributed by atoms with Gasteiger partial charge in [-0.3, -0.25) is 0 Å². The number of hydrogen-bond donors (Lipinski definition) is 1.